The zero-order valence-corrected chi connectivity index (χ0v) is 6.97. The number of hydrogen-bond acceptors (Lipinski definition) is 3. The minimum atomic E-state index is -0.0295. The Kier molecular flexibility index (Phi) is 2.00. The van der Waals surface area contributed by atoms with Crippen LogP contribution in [0, 0.1) is 0 Å². The van der Waals surface area contributed by atoms with Crippen molar-refractivity contribution in [3.8, 4) is 0 Å². The molecule has 1 aliphatic heterocycles. The Morgan fingerprint density at radius 2 is 2.00 bits per heavy atom. The first-order chi connectivity index (χ1) is 6.38. The topological polar surface area (TPSA) is 41.8 Å². The molecule has 13 heavy (non-hydrogen) atoms. The number of Topliss-reactive ketones (excluding diaryl/α,β-unsaturated/α-hetero) is 1. The Bertz CT molecular complexity index is 379. The van der Waals surface area contributed by atoms with Crippen molar-refractivity contribution in [3.63, 3.8) is 0 Å². The van der Waals surface area contributed by atoms with Crippen LogP contribution in [0.2, 0.25) is 0 Å². The SMILES string of the molecule is O=C(C1=NN=CC1)c1ccccc1. The van der Waals surface area contributed by atoms with Crippen molar-refractivity contribution in [1.29, 1.82) is 0 Å². The third-order valence-electron chi connectivity index (χ3n) is 1.84. The Morgan fingerprint density at radius 1 is 1.23 bits per heavy atom. The molecule has 0 saturated heterocycles. The maximum atomic E-state index is 11.6. The molecule has 0 atom stereocenters. The van der Waals surface area contributed by atoms with Crippen molar-refractivity contribution in [2.45, 2.75) is 6.42 Å². The molecule has 0 saturated carbocycles. The molecule has 0 aliphatic carbocycles. The molecule has 0 fully saturated rings. The first kappa shape index (κ1) is 7.86. The molecule has 1 aromatic carbocycles. The third-order valence-corrected chi connectivity index (χ3v) is 1.84. The summed E-state index contributed by atoms with van der Waals surface area (Å²) < 4.78 is 0. The summed E-state index contributed by atoms with van der Waals surface area (Å²) in [5.41, 5.74) is 1.19. The lowest BCUT2D eigenvalue weighted by Gasteiger charge is -1.97. The minimum Gasteiger partial charge on any atom is -0.287 e. The molecule has 0 spiro atoms. The molecule has 0 bridgehead atoms. The van der Waals surface area contributed by atoms with Gasteiger partial charge >= 0.3 is 0 Å². The fourth-order valence-corrected chi connectivity index (χ4v) is 1.17. The van der Waals surface area contributed by atoms with Crippen LogP contribution in [-0.2, 0) is 0 Å². The third kappa shape index (κ3) is 1.54. The van der Waals surface area contributed by atoms with Crippen molar-refractivity contribution in [2.75, 3.05) is 0 Å². The van der Waals surface area contributed by atoms with Crippen molar-refractivity contribution < 1.29 is 4.79 Å². The fourth-order valence-electron chi connectivity index (χ4n) is 1.17. The summed E-state index contributed by atoms with van der Waals surface area (Å²) in [6.07, 6.45) is 2.18. The van der Waals surface area contributed by atoms with Gasteiger partial charge in [0.15, 0.2) is 0 Å². The maximum Gasteiger partial charge on any atom is 0.209 e. The van der Waals surface area contributed by atoms with E-state index in [-0.39, 0.29) is 5.78 Å². The van der Waals surface area contributed by atoms with Crippen LogP contribution in [0.4, 0.5) is 0 Å². The molecular formula is C10H8N2O. The van der Waals surface area contributed by atoms with Crippen LogP contribution in [0.5, 0.6) is 0 Å². The van der Waals surface area contributed by atoms with Crippen LogP contribution in [0.3, 0.4) is 0 Å². The molecule has 0 aromatic heterocycles. The van der Waals surface area contributed by atoms with Gasteiger partial charge in [-0.3, -0.25) is 4.79 Å². The zero-order valence-electron chi connectivity index (χ0n) is 6.97. The van der Waals surface area contributed by atoms with E-state index in [1.165, 1.54) is 0 Å². The number of nitrogens with zero attached hydrogens (tertiary/aromatic N) is 2. The number of ketones is 1. The predicted octanol–water partition coefficient (Wildman–Crippen LogP) is 1.70. The normalized spacial score (nSPS) is 14.3. The lowest BCUT2D eigenvalue weighted by Crippen LogP contribution is -2.12. The highest BCUT2D eigenvalue weighted by Gasteiger charge is 2.14. The summed E-state index contributed by atoms with van der Waals surface area (Å²) in [7, 11) is 0. The number of benzene rings is 1. The molecule has 0 radical (unpaired) electrons. The van der Waals surface area contributed by atoms with Crippen LogP contribution < -0.4 is 0 Å². The summed E-state index contributed by atoms with van der Waals surface area (Å²) in [4.78, 5) is 11.6. The van der Waals surface area contributed by atoms with E-state index in [0.29, 0.717) is 17.7 Å². The minimum absolute atomic E-state index is 0.0295. The second-order valence-corrected chi connectivity index (χ2v) is 2.74. The molecule has 3 heteroatoms. The molecule has 1 heterocycles. The Morgan fingerprint density at radius 3 is 2.62 bits per heavy atom. The Hall–Kier alpha value is -1.77. The van der Waals surface area contributed by atoms with E-state index < -0.39 is 0 Å². The van der Waals surface area contributed by atoms with Crippen LogP contribution in [0.1, 0.15) is 16.8 Å². The smallest absolute Gasteiger partial charge is 0.209 e. The molecule has 0 amide bonds. The lowest BCUT2D eigenvalue weighted by molar-refractivity contribution is 0.106. The van der Waals surface area contributed by atoms with E-state index in [1.807, 2.05) is 18.2 Å². The van der Waals surface area contributed by atoms with Crippen molar-refractivity contribution in [3.05, 3.63) is 35.9 Å². The summed E-state index contributed by atoms with van der Waals surface area (Å²) in [5, 5.41) is 7.40. The van der Waals surface area contributed by atoms with E-state index in [1.54, 1.807) is 18.3 Å². The van der Waals surface area contributed by atoms with Gasteiger partial charge in [-0.1, -0.05) is 30.3 Å². The van der Waals surface area contributed by atoms with Gasteiger partial charge in [0.25, 0.3) is 0 Å². The molecule has 1 aliphatic rings. The van der Waals surface area contributed by atoms with Gasteiger partial charge in [0.05, 0.1) is 0 Å². The quantitative estimate of drug-likeness (QED) is 0.626. The molecule has 1 aromatic rings. The largest absolute Gasteiger partial charge is 0.287 e. The zero-order chi connectivity index (χ0) is 9.10. The van der Waals surface area contributed by atoms with Gasteiger partial charge in [-0.2, -0.15) is 10.2 Å². The van der Waals surface area contributed by atoms with E-state index in [4.69, 9.17) is 0 Å². The molecule has 0 unspecified atom stereocenters. The van der Waals surface area contributed by atoms with Gasteiger partial charge in [0.1, 0.15) is 5.71 Å². The highest BCUT2D eigenvalue weighted by Crippen LogP contribution is 2.05. The van der Waals surface area contributed by atoms with Gasteiger partial charge in [-0.15, -0.1) is 0 Å². The average Bonchev–Trinajstić information content (AvgIpc) is 2.71. The average molecular weight is 172 g/mol. The predicted molar refractivity (Wildman–Crippen MR) is 51.3 cm³/mol. The first-order valence-corrected chi connectivity index (χ1v) is 4.06. The summed E-state index contributed by atoms with van der Waals surface area (Å²) in [6.45, 7) is 0. The number of carbonyl (C=O) groups is 1. The van der Waals surface area contributed by atoms with Crippen molar-refractivity contribution >= 4 is 17.7 Å². The number of rotatable bonds is 2. The first-order valence-electron chi connectivity index (χ1n) is 4.06. The molecule has 64 valence electrons. The van der Waals surface area contributed by atoms with Crippen LogP contribution in [0.25, 0.3) is 0 Å². The van der Waals surface area contributed by atoms with Crippen LogP contribution in [-0.4, -0.2) is 17.7 Å². The lowest BCUT2D eigenvalue weighted by atomic mass is 10.1. The highest BCUT2D eigenvalue weighted by molar-refractivity contribution is 6.48. The maximum absolute atomic E-state index is 11.6. The van der Waals surface area contributed by atoms with Crippen LogP contribution in [0.15, 0.2) is 40.5 Å². The summed E-state index contributed by atoms with van der Waals surface area (Å²) >= 11 is 0. The number of carbonyl (C=O) groups excluding carboxylic acids is 1. The molecular weight excluding hydrogens is 164 g/mol. The highest BCUT2D eigenvalue weighted by atomic mass is 16.1. The van der Waals surface area contributed by atoms with E-state index in [9.17, 15) is 4.79 Å². The van der Waals surface area contributed by atoms with Gasteiger partial charge in [-0.05, 0) is 0 Å². The van der Waals surface area contributed by atoms with Crippen molar-refractivity contribution in [1.82, 2.24) is 0 Å². The molecule has 0 N–H and O–H groups in total. The van der Waals surface area contributed by atoms with Crippen molar-refractivity contribution in [2.24, 2.45) is 10.2 Å². The monoisotopic (exact) mass is 172 g/mol. The molecule has 3 nitrogen and oxygen atoms in total. The summed E-state index contributed by atoms with van der Waals surface area (Å²) in [6, 6.07) is 9.11. The summed E-state index contributed by atoms with van der Waals surface area (Å²) in [5.74, 6) is -0.0295. The van der Waals surface area contributed by atoms with Gasteiger partial charge < -0.3 is 0 Å². The molecule has 2 rings (SSSR count). The van der Waals surface area contributed by atoms with E-state index in [2.05, 4.69) is 10.2 Å². The fraction of sp³-hybridized carbons (Fsp3) is 0.100. The Labute approximate surface area is 75.8 Å². The second kappa shape index (κ2) is 3.31. The number of hydrogen-bond donors (Lipinski definition) is 0. The second-order valence-electron chi connectivity index (χ2n) is 2.74. The van der Waals surface area contributed by atoms with E-state index in [0.717, 1.165) is 0 Å². The Balaban J connectivity index is 2.24. The van der Waals surface area contributed by atoms with Gasteiger partial charge in [0, 0.05) is 18.2 Å². The van der Waals surface area contributed by atoms with Gasteiger partial charge in [-0.25, -0.2) is 0 Å². The van der Waals surface area contributed by atoms with E-state index >= 15 is 0 Å². The van der Waals surface area contributed by atoms with Crippen LogP contribution >= 0.6 is 0 Å². The standard InChI is InChI=1S/C10H8N2O/c13-10(9-6-7-11-12-9)8-4-2-1-3-5-8/h1-5,7H,6H2. The van der Waals surface area contributed by atoms with Gasteiger partial charge in [0.2, 0.25) is 5.78 Å².